The number of hydrogen-bond donors (Lipinski definition) is 0. The van der Waals surface area contributed by atoms with Gasteiger partial charge in [-0.2, -0.15) is 0 Å². The predicted molar refractivity (Wildman–Crippen MR) is 80.6 cm³/mol. The van der Waals surface area contributed by atoms with E-state index in [1.54, 1.807) is 12.4 Å². The zero-order valence-electron chi connectivity index (χ0n) is 11.2. The van der Waals surface area contributed by atoms with E-state index in [0.29, 0.717) is 11.4 Å². The minimum Gasteiger partial charge on any atom is -0.479 e. The van der Waals surface area contributed by atoms with Crippen molar-refractivity contribution in [3.8, 4) is 5.88 Å². The van der Waals surface area contributed by atoms with E-state index >= 15 is 0 Å². The molecule has 6 heteroatoms. The summed E-state index contributed by atoms with van der Waals surface area (Å²) < 4.78 is 13.0. The minimum absolute atomic E-state index is 0.409. The molecule has 0 bridgehead atoms. The van der Waals surface area contributed by atoms with Gasteiger partial charge in [-0.1, -0.05) is 0 Å². The summed E-state index contributed by atoms with van der Waals surface area (Å²) in [5.74, 6) is 0.409. The minimum atomic E-state index is -0.547. The highest BCUT2D eigenvalue weighted by Crippen LogP contribution is 2.29. The SMILES string of the molecule is COc1nccc2c(I)cn(C(=O)OC(C)(C)C)c12. The van der Waals surface area contributed by atoms with Gasteiger partial charge in [0.05, 0.1) is 7.11 Å². The summed E-state index contributed by atoms with van der Waals surface area (Å²) in [5.41, 5.74) is 0.0813. The fourth-order valence-corrected chi connectivity index (χ4v) is 2.43. The highest BCUT2D eigenvalue weighted by atomic mass is 127. The standard InChI is InChI=1S/C13H15IN2O3/c1-13(2,3)19-12(17)16-7-9(14)8-5-6-15-11(18-4)10(8)16/h5-7H,1-4H3. The molecule has 2 aromatic heterocycles. The summed E-state index contributed by atoms with van der Waals surface area (Å²) in [4.78, 5) is 16.3. The van der Waals surface area contributed by atoms with Crippen LogP contribution < -0.4 is 4.74 Å². The Bertz CT molecular complexity index is 629. The molecular formula is C13H15IN2O3. The third-order valence-electron chi connectivity index (χ3n) is 2.41. The molecule has 0 N–H and O–H groups in total. The monoisotopic (exact) mass is 374 g/mol. The maximum Gasteiger partial charge on any atom is 0.419 e. The molecule has 19 heavy (non-hydrogen) atoms. The van der Waals surface area contributed by atoms with Crippen LogP contribution >= 0.6 is 22.6 Å². The van der Waals surface area contributed by atoms with Crippen molar-refractivity contribution in [1.29, 1.82) is 0 Å². The Morgan fingerprint density at radius 1 is 1.42 bits per heavy atom. The number of carbonyl (C=O) groups excluding carboxylic acids is 1. The Balaban J connectivity index is 2.58. The van der Waals surface area contributed by atoms with Crippen molar-refractivity contribution in [1.82, 2.24) is 9.55 Å². The lowest BCUT2D eigenvalue weighted by Crippen LogP contribution is -2.26. The zero-order valence-corrected chi connectivity index (χ0v) is 13.4. The van der Waals surface area contributed by atoms with Crippen LogP contribution in [-0.4, -0.2) is 28.4 Å². The van der Waals surface area contributed by atoms with Crippen molar-refractivity contribution in [3.63, 3.8) is 0 Å². The zero-order chi connectivity index (χ0) is 14.2. The van der Waals surface area contributed by atoms with Crippen LogP contribution in [0.5, 0.6) is 5.88 Å². The number of carbonyl (C=O) groups is 1. The third kappa shape index (κ3) is 2.83. The van der Waals surface area contributed by atoms with Crippen molar-refractivity contribution < 1.29 is 14.3 Å². The molecule has 0 fully saturated rings. The first kappa shape index (κ1) is 14.1. The quantitative estimate of drug-likeness (QED) is 0.718. The van der Waals surface area contributed by atoms with E-state index < -0.39 is 11.7 Å². The van der Waals surface area contributed by atoms with Gasteiger partial charge in [-0.15, -0.1) is 0 Å². The highest BCUT2D eigenvalue weighted by molar-refractivity contribution is 14.1. The molecule has 0 radical (unpaired) electrons. The number of ether oxygens (including phenoxy) is 2. The smallest absolute Gasteiger partial charge is 0.419 e. The third-order valence-corrected chi connectivity index (χ3v) is 3.27. The van der Waals surface area contributed by atoms with E-state index in [4.69, 9.17) is 9.47 Å². The van der Waals surface area contributed by atoms with Gasteiger partial charge in [0, 0.05) is 21.4 Å². The Morgan fingerprint density at radius 3 is 2.68 bits per heavy atom. The predicted octanol–water partition coefficient (Wildman–Crippen LogP) is 3.43. The molecule has 0 aromatic carbocycles. The molecule has 5 nitrogen and oxygen atoms in total. The average Bonchev–Trinajstić information content (AvgIpc) is 2.65. The Labute approximate surface area is 125 Å². The van der Waals surface area contributed by atoms with Crippen molar-refractivity contribution in [2.75, 3.05) is 7.11 Å². The number of nitrogens with zero attached hydrogens (tertiary/aromatic N) is 2. The molecule has 2 aromatic rings. The van der Waals surface area contributed by atoms with Crippen LogP contribution in [0.25, 0.3) is 10.9 Å². The summed E-state index contributed by atoms with van der Waals surface area (Å²) in [6, 6.07) is 1.85. The van der Waals surface area contributed by atoms with Gasteiger partial charge < -0.3 is 9.47 Å². The molecule has 102 valence electrons. The number of halogens is 1. The van der Waals surface area contributed by atoms with Gasteiger partial charge in [0.25, 0.3) is 0 Å². The van der Waals surface area contributed by atoms with Gasteiger partial charge in [-0.3, -0.25) is 0 Å². The fraction of sp³-hybridized carbons (Fsp3) is 0.385. The molecule has 0 amide bonds. The Hall–Kier alpha value is -1.31. The first-order chi connectivity index (χ1) is 8.83. The summed E-state index contributed by atoms with van der Waals surface area (Å²) in [6.45, 7) is 5.49. The summed E-state index contributed by atoms with van der Waals surface area (Å²) in [7, 11) is 1.53. The molecule has 0 saturated heterocycles. The number of aromatic nitrogens is 2. The molecular weight excluding hydrogens is 359 g/mol. The number of pyridine rings is 1. The van der Waals surface area contributed by atoms with Crippen LogP contribution in [0.4, 0.5) is 4.79 Å². The first-order valence-electron chi connectivity index (χ1n) is 5.76. The number of methoxy groups -OCH3 is 1. The fourth-order valence-electron chi connectivity index (χ4n) is 1.71. The van der Waals surface area contributed by atoms with Gasteiger partial charge in [0.15, 0.2) is 0 Å². The lowest BCUT2D eigenvalue weighted by Gasteiger charge is -2.19. The van der Waals surface area contributed by atoms with Gasteiger partial charge in [-0.05, 0) is 49.4 Å². The maximum absolute atomic E-state index is 12.2. The van der Waals surface area contributed by atoms with Gasteiger partial charge in [0.1, 0.15) is 11.1 Å². The lowest BCUT2D eigenvalue weighted by molar-refractivity contribution is 0.0543. The average molecular weight is 374 g/mol. The van der Waals surface area contributed by atoms with Gasteiger partial charge >= 0.3 is 6.09 Å². The molecule has 0 atom stereocenters. The van der Waals surface area contributed by atoms with Crippen LogP contribution in [0, 0.1) is 3.57 Å². The normalized spacial score (nSPS) is 11.6. The van der Waals surface area contributed by atoms with E-state index in [1.807, 2.05) is 26.8 Å². The van der Waals surface area contributed by atoms with Crippen LogP contribution in [0.3, 0.4) is 0 Å². The van der Waals surface area contributed by atoms with Crippen molar-refractivity contribution in [2.24, 2.45) is 0 Å². The topological polar surface area (TPSA) is 53.4 Å². The van der Waals surface area contributed by atoms with Gasteiger partial charge in [0.2, 0.25) is 5.88 Å². The van der Waals surface area contributed by atoms with Crippen LogP contribution in [0.15, 0.2) is 18.5 Å². The first-order valence-corrected chi connectivity index (χ1v) is 6.84. The molecule has 0 unspecified atom stereocenters. The van der Waals surface area contributed by atoms with E-state index in [2.05, 4.69) is 27.6 Å². The van der Waals surface area contributed by atoms with Crippen LogP contribution in [0.1, 0.15) is 20.8 Å². The molecule has 2 heterocycles. The number of hydrogen-bond acceptors (Lipinski definition) is 4. The molecule has 2 rings (SSSR count). The summed E-state index contributed by atoms with van der Waals surface area (Å²) >= 11 is 2.17. The summed E-state index contributed by atoms with van der Waals surface area (Å²) in [6.07, 6.45) is 2.94. The highest BCUT2D eigenvalue weighted by Gasteiger charge is 2.22. The second-order valence-corrected chi connectivity index (χ2v) is 6.21. The van der Waals surface area contributed by atoms with E-state index in [1.165, 1.54) is 11.7 Å². The molecule has 0 aliphatic carbocycles. The largest absolute Gasteiger partial charge is 0.479 e. The Kier molecular flexibility index (Phi) is 3.71. The van der Waals surface area contributed by atoms with Gasteiger partial charge in [-0.25, -0.2) is 14.3 Å². The lowest BCUT2D eigenvalue weighted by atomic mass is 10.2. The molecule has 0 aliphatic heterocycles. The molecule has 0 aliphatic rings. The van der Waals surface area contributed by atoms with Crippen molar-refractivity contribution in [3.05, 3.63) is 22.0 Å². The van der Waals surface area contributed by atoms with E-state index in [9.17, 15) is 4.79 Å². The summed E-state index contributed by atoms with van der Waals surface area (Å²) in [5, 5.41) is 0.915. The second-order valence-electron chi connectivity index (χ2n) is 5.04. The number of fused-ring (bicyclic) bond motifs is 1. The Morgan fingerprint density at radius 2 is 2.11 bits per heavy atom. The van der Waals surface area contributed by atoms with Crippen molar-refractivity contribution in [2.45, 2.75) is 26.4 Å². The maximum atomic E-state index is 12.2. The number of rotatable bonds is 1. The van der Waals surface area contributed by atoms with Crippen LogP contribution in [-0.2, 0) is 4.74 Å². The van der Waals surface area contributed by atoms with Crippen LogP contribution in [0.2, 0.25) is 0 Å². The molecule has 0 spiro atoms. The van der Waals surface area contributed by atoms with E-state index in [-0.39, 0.29) is 0 Å². The van der Waals surface area contributed by atoms with Crippen molar-refractivity contribution >= 4 is 39.6 Å². The second kappa shape index (κ2) is 4.99. The molecule has 0 saturated carbocycles. The van der Waals surface area contributed by atoms with E-state index in [0.717, 1.165) is 8.96 Å².